The van der Waals surface area contributed by atoms with E-state index >= 15 is 0 Å². The summed E-state index contributed by atoms with van der Waals surface area (Å²) in [6.07, 6.45) is 8.61. The Bertz CT molecular complexity index is 55.2. The van der Waals surface area contributed by atoms with Gasteiger partial charge in [0.1, 0.15) is 0 Å². The normalized spacial score (nSPS) is 7.30. The fraction of sp³-hybridized carbons (Fsp3) is 0.750. The molecule has 0 aromatic rings. The van der Waals surface area contributed by atoms with Crippen LogP contribution >= 0.6 is 13.5 Å². The molecule has 0 saturated heterocycles. The molecule has 2 heteroatoms. The molecule has 0 fully saturated rings. The molecule has 0 aliphatic carbocycles. The van der Waals surface area contributed by atoms with Gasteiger partial charge in [0.25, 0.3) is 0 Å². The van der Waals surface area contributed by atoms with Gasteiger partial charge >= 0.3 is 26.2 Å². The van der Waals surface area contributed by atoms with E-state index in [4.69, 9.17) is 0 Å². The van der Waals surface area contributed by atoms with Crippen molar-refractivity contribution in [1.82, 2.24) is 0 Å². The van der Waals surface area contributed by atoms with Crippen molar-refractivity contribution in [1.29, 1.82) is 0 Å². The molecule has 0 aliphatic heterocycles. The van der Waals surface area contributed by atoms with Crippen LogP contribution in [-0.4, -0.2) is 26.2 Å². The molecule has 0 aromatic heterocycles. The third kappa shape index (κ3) is 16.0. The zero-order chi connectivity index (χ0) is 6.24. The van der Waals surface area contributed by atoms with Crippen molar-refractivity contribution in [3.8, 4) is 0 Å². The molecule has 0 unspecified atom stereocenters. The molecule has 0 nitrogen and oxygen atoms in total. The Morgan fingerprint density at radius 2 is 1.80 bits per heavy atom. The van der Waals surface area contributed by atoms with Gasteiger partial charge in [0, 0.05) is 0 Å². The van der Waals surface area contributed by atoms with Crippen molar-refractivity contribution in [2.24, 2.45) is 0 Å². The van der Waals surface area contributed by atoms with Crippen LogP contribution in [0.5, 0.6) is 0 Å². The molecule has 0 N–H and O–H groups in total. The summed E-state index contributed by atoms with van der Waals surface area (Å²) in [5.74, 6) is 0. The van der Waals surface area contributed by atoms with Crippen molar-refractivity contribution in [2.75, 3.05) is 0 Å². The molecule has 0 aromatic carbocycles. The minimum absolute atomic E-state index is 0. The minimum atomic E-state index is 0. The van der Waals surface area contributed by atoms with Crippen LogP contribution in [0.4, 0.5) is 0 Å². The number of hydrogen-bond donors (Lipinski definition) is 0. The Hall–Kier alpha value is 0.973. The van der Waals surface area contributed by atoms with Gasteiger partial charge in [0.05, 0.1) is 0 Å². The van der Waals surface area contributed by atoms with E-state index in [0.29, 0.717) is 0 Å². The summed E-state index contributed by atoms with van der Waals surface area (Å²) in [5.41, 5.74) is 0. The van der Waals surface area contributed by atoms with Gasteiger partial charge in [-0.1, -0.05) is 32.3 Å². The van der Waals surface area contributed by atoms with E-state index in [2.05, 4.69) is 13.5 Å². The predicted molar refractivity (Wildman–Crippen MR) is 59.3 cm³/mol. The number of allylic oxidation sites excluding steroid dienone is 1. The van der Waals surface area contributed by atoms with Crippen LogP contribution in [0.15, 0.2) is 12.7 Å². The van der Waals surface area contributed by atoms with Gasteiger partial charge in [-0.3, -0.25) is 0 Å². The third-order valence-electron chi connectivity index (χ3n) is 1.26. The van der Waals surface area contributed by atoms with Crippen molar-refractivity contribution in [2.45, 2.75) is 39.0 Å². The zero-order valence-corrected chi connectivity index (χ0v) is 13.5. The van der Waals surface area contributed by atoms with Crippen LogP contribution in [0, 0.1) is 0 Å². The van der Waals surface area contributed by atoms with E-state index < -0.39 is 0 Å². The molecule has 10 heavy (non-hydrogen) atoms. The number of hydrogen-bond acceptors (Lipinski definition) is 0. The SMILES string of the molecule is C=CCCCCCC.S.[BiH3]. The molecule has 64 valence electrons. The Morgan fingerprint density at radius 1 is 1.20 bits per heavy atom. The molecule has 0 rings (SSSR count). The molecule has 0 bridgehead atoms. The van der Waals surface area contributed by atoms with Gasteiger partial charge in [-0.25, -0.2) is 0 Å². The monoisotopic (exact) mass is 358 g/mol. The molecule has 0 heterocycles. The Labute approximate surface area is 91.0 Å². The van der Waals surface area contributed by atoms with Crippen LogP contribution in [0.3, 0.4) is 0 Å². The van der Waals surface area contributed by atoms with Crippen LogP contribution in [-0.2, 0) is 0 Å². The molecule has 0 aliphatic rings. The topological polar surface area (TPSA) is 0 Å². The summed E-state index contributed by atoms with van der Waals surface area (Å²) in [5, 5.41) is 0. The fourth-order valence-electron chi connectivity index (χ4n) is 0.715. The van der Waals surface area contributed by atoms with E-state index in [-0.39, 0.29) is 39.7 Å². The van der Waals surface area contributed by atoms with Crippen molar-refractivity contribution < 1.29 is 0 Å². The Morgan fingerprint density at radius 3 is 2.20 bits per heavy atom. The van der Waals surface area contributed by atoms with Crippen LogP contribution in [0.25, 0.3) is 0 Å². The first-order valence-corrected chi connectivity index (χ1v) is 3.52. The predicted octanol–water partition coefficient (Wildman–Crippen LogP) is 2.07. The third-order valence-corrected chi connectivity index (χ3v) is 1.26. The van der Waals surface area contributed by atoms with Crippen LogP contribution < -0.4 is 0 Å². The molecular formula is C8H21BiS. The molecule has 0 atom stereocenters. The second-order valence-electron chi connectivity index (χ2n) is 2.14. The van der Waals surface area contributed by atoms with Gasteiger partial charge in [0.2, 0.25) is 0 Å². The molecule has 0 radical (unpaired) electrons. The average molecular weight is 358 g/mol. The van der Waals surface area contributed by atoms with Gasteiger partial charge in [0.15, 0.2) is 0 Å². The maximum atomic E-state index is 3.66. The fourth-order valence-corrected chi connectivity index (χ4v) is 0.715. The van der Waals surface area contributed by atoms with Crippen LogP contribution in [0.2, 0.25) is 0 Å². The molecule has 0 spiro atoms. The summed E-state index contributed by atoms with van der Waals surface area (Å²) in [7, 11) is 0. The van der Waals surface area contributed by atoms with Gasteiger partial charge < -0.3 is 0 Å². The first-order chi connectivity index (χ1) is 3.91. The van der Waals surface area contributed by atoms with E-state index in [1.807, 2.05) is 6.08 Å². The van der Waals surface area contributed by atoms with E-state index in [0.717, 1.165) is 0 Å². The number of rotatable bonds is 5. The molecule has 0 saturated carbocycles. The second-order valence-corrected chi connectivity index (χ2v) is 2.14. The Balaban J connectivity index is -0.000000245. The van der Waals surface area contributed by atoms with Crippen molar-refractivity contribution in [3.63, 3.8) is 0 Å². The average Bonchev–Trinajstić information content (AvgIpc) is 1.81. The van der Waals surface area contributed by atoms with E-state index in [9.17, 15) is 0 Å². The summed E-state index contributed by atoms with van der Waals surface area (Å²) in [4.78, 5) is 0. The summed E-state index contributed by atoms with van der Waals surface area (Å²) < 4.78 is 0. The quantitative estimate of drug-likeness (QED) is 0.401. The molecular weight excluding hydrogens is 337 g/mol. The van der Waals surface area contributed by atoms with E-state index in [1.54, 1.807) is 0 Å². The number of unbranched alkanes of at least 4 members (excludes halogenated alkanes) is 4. The molecule has 0 amide bonds. The van der Waals surface area contributed by atoms with Crippen molar-refractivity contribution >= 4 is 39.7 Å². The van der Waals surface area contributed by atoms with Crippen LogP contribution in [0.1, 0.15) is 39.0 Å². The summed E-state index contributed by atoms with van der Waals surface area (Å²) >= 11 is 0. The maximum absolute atomic E-state index is 3.66. The zero-order valence-electron chi connectivity index (χ0n) is 7.03. The van der Waals surface area contributed by atoms with Gasteiger partial charge in [-0.05, 0) is 12.8 Å². The summed E-state index contributed by atoms with van der Waals surface area (Å²) in [6.45, 7) is 5.89. The van der Waals surface area contributed by atoms with Gasteiger partial charge in [-0.2, -0.15) is 13.5 Å². The standard InChI is InChI=1S/C8H16.Bi.H2S.3H/c1-3-5-7-8-6-4-2;;;;;/h3H,1,4-8H2,2H3;;1H2;;;. The summed E-state index contributed by atoms with van der Waals surface area (Å²) in [6, 6.07) is 0. The Kier molecular flexibility index (Phi) is 28.4. The first kappa shape index (κ1) is 17.2. The first-order valence-electron chi connectivity index (χ1n) is 3.52. The second kappa shape index (κ2) is 16.5. The van der Waals surface area contributed by atoms with E-state index in [1.165, 1.54) is 32.1 Å². The van der Waals surface area contributed by atoms with Crippen molar-refractivity contribution in [3.05, 3.63) is 12.7 Å². The van der Waals surface area contributed by atoms with Gasteiger partial charge in [-0.15, -0.1) is 6.58 Å².